The van der Waals surface area contributed by atoms with Crippen molar-refractivity contribution in [1.82, 2.24) is 10.2 Å². The summed E-state index contributed by atoms with van der Waals surface area (Å²) in [5.41, 5.74) is 1.71. The Hall–Kier alpha value is -3.29. The molecule has 156 valence electrons. The molecule has 1 saturated heterocycles. The van der Waals surface area contributed by atoms with Gasteiger partial charge in [0.2, 0.25) is 0 Å². The fourth-order valence-corrected chi connectivity index (χ4v) is 3.92. The number of urea groups is 1. The first-order chi connectivity index (χ1) is 15.0. The molecule has 1 aliphatic heterocycles. The van der Waals surface area contributed by atoms with Crippen LogP contribution in [0.1, 0.15) is 16.9 Å². The molecular weight excluding hydrogens is 436 g/mol. The number of halogens is 1. The van der Waals surface area contributed by atoms with Gasteiger partial charge in [-0.1, -0.05) is 65.8 Å². The fourth-order valence-electron chi connectivity index (χ4n) is 2.97. The number of hydrogen-bond acceptors (Lipinski definition) is 5. The van der Waals surface area contributed by atoms with Gasteiger partial charge in [-0.05, 0) is 41.5 Å². The number of nitrogens with zero attached hydrogens (tertiary/aromatic N) is 1. The summed E-state index contributed by atoms with van der Waals surface area (Å²) in [6.07, 6.45) is 1.36. The Morgan fingerprint density at radius 2 is 1.68 bits per heavy atom. The largest absolute Gasteiger partial charge is 0.450 e. The molecule has 0 spiro atoms. The van der Waals surface area contributed by atoms with E-state index in [2.05, 4.69) is 5.32 Å². The molecule has 1 N–H and O–H groups in total. The van der Waals surface area contributed by atoms with Crippen LogP contribution in [0.15, 0.2) is 81.8 Å². The Balaban J connectivity index is 1.47. The summed E-state index contributed by atoms with van der Waals surface area (Å²) in [6, 6.07) is 19.3. The van der Waals surface area contributed by atoms with E-state index < -0.39 is 17.8 Å². The van der Waals surface area contributed by atoms with E-state index in [1.807, 2.05) is 42.5 Å². The van der Waals surface area contributed by atoms with Crippen LogP contribution in [0.5, 0.6) is 0 Å². The van der Waals surface area contributed by atoms with Gasteiger partial charge < -0.3 is 4.42 Å². The smallest absolute Gasteiger partial charge is 0.331 e. The van der Waals surface area contributed by atoms with Crippen molar-refractivity contribution in [3.8, 4) is 0 Å². The van der Waals surface area contributed by atoms with Crippen molar-refractivity contribution in [2.24, 2.45) is 0 Å². The standard InChI is InChI=1S/C23H17ClN2O4S/c24-17-8-6-16(7-9-17)14-31-20-11-10-18(30-20)12-19-21(27)25-23(29)26(22(19)28)13-15-4-2-1-3-5-15/h1-12H,13-14H2,(H,25,27,29)/b19-12-. The number of carbonyl (C=O) groups excluding carboxylic acids is 3. The van der Waals surface area contributed by atoms with E-state index in [0.29, 0.717) is 21.6 Å². The van der Waals surface area contributed by atoms with Crippen LogP contribution in [0.2, 0.25) is 5.02 Å². The van der Waals surface area contributed by atoms with Gasteiger partial charge in [-0.2, -0.15) is 0 Å². The summed E-state index contributed by atoms with van der Waals surface area (Å²) in [4.78, 5) is 38.3. The maximum Gasteiger partial charge on any atom is 0.331 e. The van der Waals surface area contributed by atoms with Gasteiger partial charge in [0, 0.05) is 10.8 Å². The van der Waals surface area contributed by atoms with Crippen LogP contribution in [-0.2, 0) is 21.9 Å². The highest BCUT2D eigenvalue weighted by molar-refractivity contribution is 7.98. The molecule has 0 bridgehead atoms. The zero-order chi connectivity index (χ0) is 21.8. The number of benzene rings is 2. The van der Waals surface area contributed by atoms with Gasteiger partial charge >= 0.3 is 6.03 Å². The molecule has 1 fully saturated rings. The average Bonchev–Trinajstić information content (AvgIpc) is 3.22. The highest BCUT2D eigenvalue weighted by Crippen LogP contribution is 2.27. The summed E-state index contributed by atoms with van der Waals surface area (Å²) in [7, 11) is 0. The van der Waals surface area contributed by atoms with E-state index >= 15 is 0 Å². The molecule has 6 nitrogen and oxygen atoms in total. The lowest BCUT2D eigenvalue weighted by atomic mass is 10.1. The first-order valence-electron chi connectivity index (χ1n) is 9.39. The van der Waals surface area contributed by atoms with Gasteiger partial charge in [-0.25, -0.2) is 4.79 Å². The number of nitrogens with one attached hydrogen (secondary N) is 1. The lowest BCUT2D eigenvalue weighted by molar-refractivity contribution is -0.130. The van der Waals surface area contributed by atoms with Crippen LogP contribution in [-0.4, -0.2) is 22.7 Å². The van der Waals surface area contributed by atoms with Crippen LogP contribution in [0, 0.1) is 0 Å². The topological polar surface area (TPSA) is 79.6 Å². The summed E-state index contributed by atoms with van der Waals surface area (Å²) in [5.74, 6) is -0.374. The predicted octanol–water partition coefficient (Wildman–Crippen LogP) is 4.89. The second-order valence-electron chi connectivity index (χ2n) is 6.77. The molecule has 2 heterocycles. The molecule has 2 aromatic carbocycles. The van der Waals surface area contributed by atoms with Crippen molar-refractivity contribution < 1.29 is 18.8 Å². The van der Waals surface area contributed by atoms with Gasteiger partial charge in [0.15, 0.2) is 5.09 Å². The molecule has 0 aliphatic carbocycles. The third-order valence-corrected chi connectivity index (χ3v) is 5.79. The summed E-state index contributed by atoms with van der Waals surface area (Å²) >= 11 is 7.37. The number of thioether (sulfide) groups is 1. The van der Waals surface area contributed by atoms with E-state index in [9.17, 15) is 14.4 Å². The number of barbiturate groups is 1. The highest BCUT2D eigenvalue weighted by Gasteiger charge is 2.35. The average molecular weight is 453 g/mol. The number of amides is 4. The Kier molecular flexibility index (Phi) is 6.25. The Bertz CT molecular complexity index is 1160. The summed E-state index contributed by atoms with van der Waals surface area (Å²) < 4.78 is 5.73. The Morgan fingerprint density at radius 3 is 2.42 bits per heavy atom. The monoisotopic (exact) mass is 452 g/mol. The van der Waals surface area contributed by atoms with Gasteiger partial charge in [0.1, 0.15) is 11.3 Å². The van der Waals surface area contributed by atoms with Gasteiger partial charge in [-0.3, -0.25) is 19.8 Å². The Morgan fingerprint density at radius 1 is 0.935 bits per heavy atom. The number of rotatable bonds is 6. The molecule has 1 aliphatic rings. The third-order valence-electron chi connectivity index (χ3n) is 4.55. The number of furan rings is 1. The van der Waals surface area contributed by atoms with Crippen molar-refractivity contribution in [3.63, 3.8) is 0 Å². The lowest BCUT2D eigenvalue weighted by Gasteiger charge is -2.26. The fraction of sp³-hybridized carbons (Fsp3) is 0.0870. The molecule has 0 radical (unpaired) electrons. The molecule has 4 amide bonds. The minimum absolute atomic E-state index is 0.0659. The maximum absolute atomic E-state index is 12.8. The zero-order valence-corrected chi connectivity index (χ0v) is 17.8. The van der Waals surface area contributed by atoms with E-state index in [-0.39, 0.29) is 12.1 Å². The number of imide groups is 2. The molecule has 0 unspecified atom stereocenters. The maximum atomic E-state index is 12.8. The first kappa shape index (κ1) is 21.0. The number of hydrogen-bond donors (Lipinski definition) is 1. The molecule has 4 rings (SSSR count). The quantitative estimate of drug-likeness (QED) is 0.327. The molecule has 0 saturated carbocycles. The van der Waals surface area contributed by atoms with Gasteiger partial charge in [-0.15, -0.1) is 0 Å². The molecular formula is C23H17ClN2O4S. The zero-order valence-electron chi connectivity index (χ0n) is 16.2. The number of carbonyl (C=O) groups is 3. The van der Waals surface area contributed by atoms with Crippen molar-refractivity contribution in [2.45, 2.75) is 17.4 Å². The van der Waals surface area contributed by atoms with Crippen LogP contribution >= 0.6 is 23.4 Å². The van der Waals surface area contributed by atoms with Gasteiger partial charge in [0.05, 0.1) is 6.54 Å². The summed E-state index contributed by atoms with van der Waals surface area (Å²) in [6.45, 7) is 0.0659. The molecule has 8 heteroatoms. The van der Waals surface area contributed by atoms with Crippen LogP contribution < -0.4 is 5.32 Å². The van der Waals surface area contributed by atoms with Crippen molar-refractivity contribution in [3.05, 3.63) is 94.2 Å². The summed E-state index contributed by atoms with van der Waals surface area (Å²) in [5, 5.41) is 3.53. The lowest BCUT2D eigenvalue weighted by Crippen LogP contribution is -2.53. The van der Waals surface area contributed by atoms with Crippen LogP contribution in [0.3, 0.4) is 0 Å². The molecule has 0 atom stereocenters. The van der Waals surface area contributed by atoms with Crippen molar-refractivity contribution in [1.29, 1.82) is 0 Å². The predicted molar refractivity (Wildman–Crippen MR) is 118 cm³/mol. The van der Waals surface area contributed by atoms with Crippen LogP contribution in [0.25, 0.3) is 6.08 Å². The third kappa shape index (κ3) is 5.07. The second-order valence-corrected chi connectivity index (χ2v) is 8.18. The first-order valence-corrected chi connectivity index (χ1v) is 10.8. The van der Waals surface area contributed by atoms with Crippen LogP contribution in [0.4, 0.5) is 4.79 Å². The normalized spacial score (nSPS) is 15.5. The molecule has 1 aromatic heterocycles. The minimum atomic E-state index is -0.744. The van der Waals surface area contributed by atoms with E-state index in [1.54, 1.807) is 24.3 Å². The minimum Gasteiger partial charge on any atom is -0.450 e. The molecule has 3 aromatic rings. The van der Waals surface area contributed by atoms with Crippen molar-refractivity contribution >= 4 is 47.3 Å². The van der Waals surface area contributed by atoms with E-state index in [4.69, 9.17) is 16.0 Å². The van der Waals surface area contributed by atoms with E-state index in [1.165, 1.54) is 17.8 Å². The van der Waals surface area contributed by atoms with E-state index in [0.717, 1.165) is 16.0 Å². The SMILES string of the molecule is O=C1NC(=O)N(Cc2ccccc2)C(=O)/C1=C\c1ccc(SCc2ccc(Cl)cc2)o1. The van der Waals surface area contributed by atoms with Crippen molar-refractivity contribution in [2.75, 3.05) is 0 Å². The second kappa shape index (κ2) is 9.24. The Labute approximate surface area is 187 Å². The molecule has 31 heavy (non-hydrogen) atoms. The highest BCUT2D eigenvalue weighted by atomic mass is 35.5. The van der Waals surface area contributed by atoms with Gasteiger partial charge in [0.25, 0.3) is 11.8 Å².